The van der Waals surface area contributed by atoms with E-state index in [9.17, 15) is 24.8 Å². The van der Waals surface area contributed by atoms with Gasteiger partial charge in [0.15, 0.2) is 0 Å². The first kappa shape index (κ1) is 13.3. The van der Waals surface area contributed by atoms with Crippen molar-refractivity contribution in [3.8, 4) is 0 Å². The molecular formula is C13H17N2O5-. The molecular weight excluding hydrogens is 264 g/mol. The maximum Gasteiger partial charge on any atom is 0.328 e. The summed E-state index contributed by atoms with van der Waals surface area (Å²) in [6.07, 6.45) is 5.99. The van der Waals surface area contributed by atoms with Crippen LogP contribution >= 0.6 is 0 Å². The molecule has 0 aromatic rings. The van der Waals surface area contributed by atoms with Gasteiger partial charge in [0, 0.05) is 10.5 Å². The Balaban J connectivity index is 1.75. The number of nitrogens with zero attached hydrogens (tertiary/aromatic N) is 1. The van der Waals surface area contributed by atoms with E-state index in [1.807, 2.05) is 0 Å². The van der Waals surface area contributed by atoms with Crippen molar-refractivity contribution in [2.24, 2.45) is 17.8 Å². The molecule has 4 bridgehead atoms. The van der Waals surface area contributed by atoms with Crippen molar-refractivity contribution in [1.82, 2.24) is 5.32 Å². The zero-order valence-electron chi connectivity index (χ0n) is 11.0. The summed E-state index contributed by atoms with van der Waals surface area (Å²) in [5, 5.41) is 24.1. The second-order valence-corrected chi connectivity index (χ2v) is 6.69. The first-order valence-electron chi connectivity index (χ1n) is 7.05. The molecule has 0 aromatic heterocycles. The summed E-state index contributed by atoms with van der Waals surface area (Å²) in [6, 6.07) is -2.30. The SMILES string of the molecule is O=C([O-])[C@@H](C(=O)NC12CC3CC(CC(C3)C1)C2)[N+](=O)[O-]. The van der Waals surface area contributed by atoms with Gasteiger partial charge in [0.25, 0.3) is 0 Å². The smallest absolute Gasteiger partial charge is 0.328 e. The maximum atomic E-state index is 11.9. The minimum atomic E-state index is -2.30. The van der Waals surface area contributed by atoms with Gasteiger partial charge >= 0.3 is 11.9 Å². The summed E-state index contributed by atoms with van der Waals surface area (Å²) >= 11 is 0. The molecule has 0 saturated heterocycles. The number of rotatable bonds is 4. The number of carboxylic acids is 1. The molecule has 0 radical (unpaired) electrons. The van der Waals surface area contributed by atoms with E-state index in [0.29, 0.717) is 17.8 Å². The Hall–Kier alpha value is -1.66. The molecule has 4 fully saturated rings. The highest BCUT2D eigenvalue weighted by atomic mass is 16.6. The minimum Gasteiger partial charge on any atom is -0.543 e. The Bertz CT molecular complexity index is 426. The van der Waals surface area contributed by atoms with Crippen molar-refractivity contribution in [2.45, 2.75) is 50.1 Å². The number of carbonyl (C=O) groups is 2. The van der Waals surface area contributed by atoms with Crippen LogP contribution in [0.2, 0.25) is 0 Å². The quantitative estimate of drug-likeness (QED) is 0.423. The van der Waals surface area contributed by atoms with Crippen LogP contribution in [0.4, 0.5) is 0 Å². The van der Waals surface area contributed by atoms with Gasteiger partial charge in [-0.2, -0.15) is 0 Å². The van der Waals surface area contributed by atoms with Gasteiger partial charge in [0.2, 0.25) is 0 Å². The topological polar surface area (TPSA) is 112 Å². The second-order valence-electron chi connectivity index (χ2n) is 6.69. The van der Waals surface area contributed by atoms with Crippen molar-refractivity contribution >= 4 is 11.9 Å². The lowest BCUT2D eigenvalue weighted by molar-refractivity contribution is -0.510. The first-order valence-corrected chi connectivity index (χ1v) is 7.05. The summed E-state index contributed by atoms with van der Waals surface area (Å²) in [6.45, 7) is 0. The van der Waals surface area contributed by atoms with Gasteiger partial charge in [-0.25, -0.2) is 0 Å². The van der Waals surface area contributed by atoms with Crippen LogP contribution in [0.25, 0.3) is 0 Å². The zero-order chi connectivity index (χ0) is 14.5. The zero-order valence-corrected chi connectivity index (χ0v) is 11.0. The molecule has 0 spiro atoms. The lowest BCUT2D eigenvalue weighted by Crippen LogP contribution is -2.63. The molecule has 0 aliphatic heterocycles. The molecule has 7 heteroatoms. The van der Waals surface area contributed by atoms with E-state index in [1.165, 1.54) is 19.3 Å². The standard InChI is InChI=1S/C13H18N2O5/c16-11(10(12(17)18)15(19)20)14-13-4-7-1-8(5-13)3-9(2-7)6-13/h7-10H,1-6H2,(H,14,16)(H,17,18)/p-1/t7?,8?,9?,10-,13?/m1/s1. The summed E-state index contributed by atoms with van der Waals surface area (Å²) in [5.41, 5.74) is -0.421. The van der Waals surface area contributed by atoms with Crippen molar-refractivity contribution in [3.63, 3.8) is 0 Å². The largest absolute Gasteiger partial charge is 0.543 e. The summed E-state index contributed by atoms with van der Waals surface area (Å²) in [7, 11) is 0. The Morgan fingerprint density at radius 3 is 1.90 bits per heavy atom. The Morgan fingerprint density at radius 2 is 1.55 bits per heavy atom. The normalized spacial score (nSPS) is 39.3. The van der Waals surface area contributed by atoms with Crippen molar-refractivity contribution in [2.75, 3.05) is 0 Å². The van der Waals surface area contributed by atoms with E-state index >= 15 is 0 Å². The predicted molar refractivity (Wildman–Crippen MR) is 64.8 cm³/mol. The molecule has 20 heavy (non-hydrogen) atoms. The summed E-state index contributed by atoms with van der Waals surface area (Å²) in [5.74, 6) is -1.27. The number of carboxylic acid groups (broad SMARTS) is 1. The molecule has 4 aliphatic rings. The lowest BCUT2D eigenvalue weighted by atomic mass is 9.53. The molecule has 110 valence electrons. The fraction of sp³-hybridized carbons (Fsp3) is 0.846. The number of aliphatic carboxylic acids is 1. The lowest BCUT2D eigenvalue weighted by Gasteiger charge is -2.56. The van der Waals surface area contributed by atoms with Crippen LogP contribution in [0, 0.1) is 27.9 Å². The Labute approximate surface area is 115 Å². The molecule has 4 aliphatic carbocycles. The molecule has 0 aromatic carbocycles. The number of nitro groups is 1. The number of hydrogen-bond acceptors (Lipinski definition) is 5. The molecule has 0 heterocycles. The van der Waals surface area contributed by atoms with Crippen LogP contribution in [-0.2, 0) is 9.59 Å². The highest BCUT2D eigenvalue weighted by molar-refractivity contribution is 5.99. The maximum absolute atomic E-state index is 11.9. The van der Waals surface area contributed by atoms with E-state index in [0.717, 1.165) is 19.3 Å². The van der Waals surface area contributed by atoms with Gasteiger partial charge in [-0.15, -0.1) is 0 Å². The monoisotopic (exact) mass is 281 g/mol. The van der Waals surface area contributed by atoms with Crippen LogP contribution in [0.3, 0.4) is 0 Å². The Kier molecular flexibility index (Phi) is 2.95. The summed E-state index contributed by atoms with van der Waals surface area (Å²) in [4.78, 5) is 32.3. The summed E-state index contributed by atoms with van der Waals surface area (Å²) < 4.78 is 0. The molecule has 1 N–H and O–H groups in total. The van der Waals surface area contributed by atoms with Crippen LogP contribution < -0.4 is 10.4 Å². The van der Waals surface area contributed by atoms with E-state index in [-0.39, 0.29) is 0 Å². The number of amides is 1. The molecule has 4 saturated carbocycles. The van der Waals surface area contributed by atoms with Gasteiger partial charge in [-0.3, -0.25) is 14.9 Å². The molecule has 0 unspecified atom stereocenters. The van der Waals surface area contributed by atoms with Crippen LogP contribution in [-0.4, -0.2) is 28.4 Å². The van der Waals surface area contributed by atoms with Gasteiger partial charge < -0.3 is 15.2 Å². The molecule has 4 rings (SSSR count). The minimum absolute atomic E-state index is 0.421. The van der Waals surface area contributed by atoms with E-state index < -0.39 is 28.4 Å². The molecule has 1 amide bonds. The van der Waals surface area contributed by atoms with Crippen molar-refractivity contribution < 1.29 is 19.6 Å². The van der Waals surface area contributed by atoms with Crippen LogP contribution in [0.15, 0.2) is 0 Å². The highest BCUT2D eigenvalue weighted by Crippen LogP contribution is 2.55. The highest BCUT2D eigenvalue weighted by Gasteiger charge is 2.52. The number of hydrogen-bond donors (Lipinski definition) is 1. The molecule has 7 nitrogen and oxygen atoms in total. The number of nitrogens with one attached hydrogen (secondary N) is 1. The van der Waals surface area contributed by atoms with Gasteiger partial charge in [-0.1, -0.05) is 0 Å². The average Bonchev–Trinajstić information content (AvgIpc) is 2.23. The van der Waals surface area contributed by atoms with Gasteiger partial charge in [-0.05, 0) is 56.3 Å². The van der Waals surface area contributed by atoms with Gasteiger partial charge in [0.1, 0.15) is 5.97 Å². The third-order valence-electron chi connectivity index (χ3n) is 5.11. The fourth-order valence-electron chi connectivity index (χ4n) is 4.88. The van der Waals surface area contributed by atoms with E-state index in [4.69, 9.17) is 0 Å². The van der Waals surface area contributed by atoms with E-state index in [2.05, 4.69) is 5.32 Å². The van der Waals surface area contributed by atoms with E-state index in [1.54, 1.807) is 0 Å². The van der Waals surface area contributed by atoms with Crippen LogP contribution in [0.5, 0.6) is 0 Å². The third-order valence-corrected chi connectivity index (χ3v) is 5.11. The molecule has 1 atom stereocenters. The van der Waals surface area contributed by atoms with Crippen LogP contribution in [0.1, 0.15) is 38.5 Å². The third kappa shape index (κ3) is 2.14. The second kappa shape index (κ2) is 4.43. The van der Waals surface area contributed by atoms with Crippen molar-refractivity contribution in [1.29, 1.82) is 0 Å². The predicted octanol–water partition coefficient (Wildman–Crippen LogP) is -0.533. The first-order chi connectivity index (χ1) is 9.38. The van der Waals surface area contributed by atoms with Gasteiger partial charge in [0.05, 0.1) is 0 Å². The fourth-order valence-corrected chi connectivity index (χ4v) is 4.88. The Morgan fingerprint density at radius 1 is 1.10 bits per heavy atom. The number of carbonyl (C=O) groups excluding carboxylic acids is 2. The average molecular weight is 281 g/mol. The van der Waals surface area contributed by atoms with Crippen molar-refractivity contribution in [3.05, 3.63) is 10.1 Å².